The van der Waals surface area contributed by atoms with E-state index in [1.54, 1.807) is 30.3 Å². The molecular weight excluding hydrogens is 362 g/mol. The SMILES string of the molecule is COC(=O)c1c(C)oc(C)c1S(=O)(=O)N[C@H](Cc1ccccc1)C(=O)O. The number of aliphatic carboxylic acids is 1. The van der Waals surface area contributed by atoms with Gasteiger partial charge in [0.2, 0.25) is 10.0 Å². The number of nitrogens with one attached hydrogen (secondary N) is 1. The first kappa shape index (κ1) is 19.7. The van der Waals surface area contributed by atoms with Crippen LogP contribution in [0.15, 0.2) is 39.6 Å². The largest absolute Gasteiger partial charge is 0.480 e. The predicted molar refractivity (Wildman–Crippen MR) is 91.4 cm³/mol. The van der Waals surface area contributed by atoms with E-state index in [1.165, 1.54) is 13.8 Å². The molecule has 0 saturated heterocycles. The van der Waals surface area contributed by atoms with Crippen molar-refractivity contribution >= 4 is 22.0 Å². The molecule has 0 aliphatic heterocycles. The van der Waals surface area contributed by atoms with Gasteiger partial charge >= 0.3 is 11.9 Å². The molecule has 8 nitrogen and oxygen atoms in total. The average molecular weight is 381 g/mol. The van der Waals surface area contributed by atoms with Gasteiger partial charge < -0.3 is 14.3 Å². The van der Waals surface area contributed by atoms with E-state index in [2.05, 4.69) is 9.46 Å². The van der Waals surface area contributed by atoms with Gasteiger partial charge in [-0.25, -0.2) is 13.2 Å². The van der Waals surface area contributed by atoms with Crippen LogP contribution in [-0.2, 0) is 26.0 Å². The normalized spacial score (nSPS) is 12.6. The summed E-state index contributed by atoms with van der Waals surface area (Å²) in [6.45, 7) is 2.80. The highest BCUT2D eigenvalue weighted by molar-refractivity contribution is 7.89. The molecule has 1 atom stereocenters. The summed E-state index contributed by atoms with van der Waals surface area (Å²) < 4.78 is 37.5. The van der Waals surface area contributed by atoms with Crippen LogP contribution in [0.2, 0.25) is 0 Å². The van der Waals surface area contributed by atoms with Gasteiger partial charge in [-0.15, -0.1) is 0 Å². The minimum Gasteiger partial charge on any atom is -0.480 e. The molecule has 1 heterocycles. The first-order chi connectivity index (χ1) is 12.2. The number of carbonyl (C=O) groups is 2. The van der Waals surface area contributed by atoms with Crippen molar-refractivity contribution in [3.05, 3.63) is 53.0 Å². The quantitative estimate of drug-likeness (QED) is 0.699. The van der Waals surface area contributed by atoms with E-state index in [-0.39, 0.29) is 23.5 Å². The van der Waals surface area contributed by atoms with Gasteiger partial charge in [0.15, 0.2) is 0 Å². The Hall–Kier alpha value is -2.65. The van der Waals surface area contributed by atoms with Crippen molar-refractivity contribution in [3.63, 3.8) is 0 Å². The Bertz CT molecular complexity index is 916. The minimum absolute atomic E-state index is 0.0285. The van der Waals surface area contributed by atoms with Crippen LogP contribution < -0.4 is 4.72 Å². The third-order valence-corrected chi connectivity index (χ3v) is 5.37. The fraction of sp³-hybridized carbons (Fsp3) is 0.294. The Kier molecular flexibility index (Phi) is 5.83. The van der Waals surface area contributed by atoms with Crippen LogP contribution in [0.1, 0.15) is 27.4 Å². The molecule has 2 rings (SSSR count). The second-order valence-electron chi connectivity index (χ2n) is 5.61. The number of carbonyl (C=O) groups excluding carboxylic acids is 1. The summed E-state index contributed by atoms with van der Waals surface area (Å²) in [4.78, 5) is 23.1. The highest BCUT2D eigenvalue weighted by Crippen LogP contribution is 2.27. The molecule has 0 spiro atoms. The summed E-state index contributed by atoms with van der Waals surface area (Å²) in [5.41, 5.74) is 0.400. The highest BCUT2D eigenvalue weighted by atomic mass is 32.2. The number of sulfonamides is 1. The minimum atomic E-state index is -4.35. The lowest BCUT2D eigenvalue weighted by molar-refractivity contribution is -0.138. The van der Waals surface area contributed by atoms with Gasteiger partial charge in [0.1, 0.15) is 28.0 Å². The molecule has 1 aromatic carbocycles. The standard InChI is InChI=1S/C17H19NO7S/c1-10-14(17(21)24-3)15(11(2)25-10)26(22,23)18-13(16(19)20)9-12-7-5-4-6-8-12/h4-8,13,18H,9H2,1-3H3,(H,19,20)/t13-/m1/s1. The second-order valence-corrected chi connectivity index (χ2v) is 7.26. The van der Waals surface area contributed by atoms with Crippen molar-refractivity contribution in [3.8, 4) is 0 Å². The van der Waals surface area contributed by atoms with Crippen LogP contribution in [-0.4, -0.2) is 38.6 Å². The van der Waals surface area contributed by atoms with Crippen LogP contribution in [0, 0.1) is 13.8 Å². The van der Waals surface area contributed by atoms with E-state index >= 15 is 0 Å². The van der Waals surface area contributed by atoms with Gasteiger partial charge in [0.05, 0.1) is 7.11 Å². The van der Waals surface area contributed by atoms with Gasteiger partial charge in [-0.3, -0.25) is 4.79 Å². The summed E-state index contributed by atoms with van der Waals surface area (Å²) in [7, 11) is -3.23. The number of carboxylic acid groups (broad SMARTS) is 1. The van der Waals surface area contributed by atoms with Gasteiger partial charge in [-0.05, 0) is 25.8 Å². The van der Waals surface area contributed by atoms with Crippen molar-refractivity contribution in [1.82, 2.24) is 4.72 Å². The monoisotopic (exact) mass is 381 g/mol. The highest BCUT2D eigenvalue weighted by Gasteiger charge is 2.34. The number of carboxylic acids is 1. The molecule has 2 aromatic rings. The number of hydrogen-bond donors (Lipinski definition) is 2. The summed E-state index contributed by atoms with van der Waals surface area (Å²) >= 11 is 0. The zero-order valence-electron chi connectivity index (χ0n) is 14.5. The molecule has 0 aliphatic carbocycles. The molecule has 0 bridgehead atoms. The molecule has 9 heteroatoms. The molecular formula is C17H19NO7S. The first-order valence-corrected chi connectivity index (χ1v) is 9.13. The summed E-state index contributed by atoms with van der Waals surface area (Å²) in [5.74, 6) is -2.17. The lowest BCUT2D eigenvalue weighted by Crippen LogP contribution is -2.42. The second kappa shape index (κ2) is 7.71. The van der Waals surface area contributed by atoms with E-state index in [1.807, 2.05) is 0 Å². The van der Waals surface area contributed by atoms with Crippen molar-refractivity contribution in [2.75, 3.05) is 7.11 Å². The number of aryl methyl sites for hydroxylation is 2. The maximum atomic E-state index is 12.8. The van der Waals surface area contributed by atoms with E-state index in [0.717, 1.165) is 7.11 Å². The summed E-state index contributed by atoms with van der Waals surface area (Å²) in [6.07, 6.45) is -0.0567. The third-order valence-electron chi connectivity index (χ3n) is 3.74. The molecule has 0 amide bonds. The van der Waals surface area contributed by atoms with Crippen molar-refractivity contribution in [2.24, 2.45) is 0 Å². The average Bonchev–Trinajstić information content (AvgIpc) is 2.89. The molecule has 0 saturated carbocycles. The summed E-state index contributed by atoms with van der Waals surface area (Å²) in [6, 6.07) is 7.18. The topological polar surface area (TPSA) is 123 Å². The number of benzene rings is 1. The molecule has 0 aliphatic rings. The van der Waals surface area contributed by atoms with Crippen molar-refractivity contribution < 1.29 is 32.3 Å². The van der Waals surface area contributed by atoms with Gasteiger partial charge in [-0.2, -0.15) is 4.72 Å². The van der Waals surface area contributed by atoms with E-state index in [4.69, 9.17) is 4.42 Å². The number of hydrogen-bond acceptors (Lipinski definition) is 6. The molecule has 0 unspecified atom stereocenters. The van der Waals surface area contributed by atoms with Crippen LogP contribution in [0.3, 0.4) is 0 Å². The Balaban J connectivity index is 2.40. The fourth-order valence-corrected chi connectivity index (χ4v) is 4.19. The number of rotatable bonds is 7. The van der Waals surface area contributed by atoms with E-state index in [0.29, 0.717) is 5.56 Å². The zero-order chi connectivity index (χ0) is 19.5. The van der Waals surface area contributed by atoms with E-state index < -0.39 is 32.9 Å². The molecule has 0 radical (unpaired) electrons. The van der Waals surface area contributed by atoms with Crippen molar-refractivity contribution in [1.29, 1.82) is 0 Å². The Labute approximate surface area is 150 Å². The fourth-order valence-electron chi connectivity index (χ4n) is 2.60. The van der Waals surface area contributed by atoms with Crippen molar-refractivity contribution in [2.45, 2.75) is 31.2 Å². The molecule has 1 aromatic heterocycles. The van der Waals surface area contributed by atoms with Crippen LogP contribution >= 0.6 is 0 Å². The van der Waals surface area contributed by atoms with Crippen LogP contribution in [0.5, 0.6) is 0 Å². The van der Waals surface area contributed by atoms with Crippen LogP contribution in [0.25, 0.3) is 0 Å². The van der Waals surface area contributed by atoms with Gasteiger partial charge in [-0.1, -0.05) is 30.3 Å². The third kappa shape index (κ3) is 4.12. The summed E-state index contributed by atoms with van der Waals surface area (Å²) in [5, 5.41) is 9.40. The zero-order valence-corrected chi connectivity index (χ0v) is 15.3. The Morgan fingerprint density at radius 1 is 1.19 bits per heavy atom. The molecule has 140 valence electrons. The maximum Gasteiger partial charge on any atom is 0.342 e. The lowest BCUT2D eigenvalue weighted by atomic mass is 10.1. The van der Waals surface area contributed by atoms with Gasteiger partial charge in [0.25, 0.3) is 0 Å². The lowest BCUT2D eigenvalue weighted by Gasteiger charge is -2.15. The smallest absolute Gasteiger partial charge is 0.342 e. The van der Waals surface area contributed by atoms with E-state index in [9.17, 15) is 23.1 Å². The predicted octanol–water partition coefficient (Wildman–Crippen LogP) is 1.66. The number of esters is 1. The van der Waals surface area contributed by atoms with Gasteiger partial charge in [0, 0.05) is 0 Å². The number of ether oxygens (including phenoxy) is 1. The first-order valence-electron chi connectivity index (χ1n) is 7.64. The van der Waals surface area contributed by atoms with Crippen LogP contribution in [0.4, 0.5) is 0 Å². The number of methoxy groups -OCH3 is 1. The Morgan fingerprint density at radius 2 is 1.81 bits per heavy atom. The maximum absolute atomic E-state index is 12.8. The molecule has 0 fully saturated rings. The molecule has 2 N–H and O–H groups in total. The number of furan rings is 1. The molecule has 26 heavy (non-hydrogen) atoms. The Morgan fingerprint density at radius 3 is 2.35 bits per heavy atom.